The predicted molar refractivity (Wildman–Crippen MR) is 85.1 cm³/mol. The van der Waals surface area contributed by atoms with Crippen LogP contribution in [0.3, 0.4) is 0 Å². The average Bonchev–Trinajstić information content (AvgIpc) is 2.93. The molecule has 0 aliphatic carbocycles. The number of benzene rings is 2. The third-order valence-corrected chi connectivity index (χ3v) is 3.81. The molecule has 0 aliphatic rings. The van der Waals surface area contributed by atoms with Gasteiger partial charge in [0.15, 0.2) is 5.58 Å². The molecule has 0 bridgehead atoms. The summed E-state index contributed by atoms with van der Waals surface area (Å²) in [6.45, 7) is 0. The van der Waals surface area contributed by atoms with Crippen LogP contribution in [0.1, 0.15) is 17.4 Å². The summed E-state index contributed by atoms with van der Waals surface area (Å²) in [4.78, 5) is 0. The monoisotopic (exact) mass is 301 g/mol. The molecule has 108 valence electrons. The average molecular weight is 302 g/mol. The van der Waals surface area contributed by atoms with Gasteiger partial charge in [0.1, 0.15) is 11.5 Å². The topological polar surface area (TPSA) is 34.4 Å². The highest BCUT2D eigenvalue weighted by molar-refractivity contribution is 6.34. The molecule has 0 saturated heterocycles. The number of nitrogens with one attached hydrogen (secondary N) is 1. The van der Waals surface area contributed by atoms with E-state index in [0.717, 1.165) is 28.0 Å². The van der Waals surface area contributed by atoms with Crippen molar-refractivity contribution in [1.29, 1.82) is 0 Å². The SMILES string of the molecule is CNC(c1cccc(OC)c1)c1cc2cccc(Cl)c2o1. The summed E-state index contributed by atoms with van der Waals surface area (Å²) in [6, 6.07) is 15.6. The van der Waals surface area contributed by atoms with E-state index in [1.165, 1.54) is 0 Å². The van der Waals surface area contributed by atoms with Gasteiger partial charge in [-0.1, -0.05) is 35.9 Å². The molecular weight excluding hydrogens is 286 g/mol. The van der Waals surface area contributed by atoms with E-state index < -0.39 is 0 Å². The lowest BCUT2D eigenvalue weighted by Crippen LogP contribution is -2.16. The predicted octanol–water partition coefficient (Wildman–Crippen LogP) is 4.40. The highest BCUT2D eigenvalue weighted by atomic mass is 35.5. The number of halogens is 1. The van der Waals surface area contributed by atoms with Crippen molar-refractivity contribution in [2.75, 3.05) is 14.2 Å². The second-order valence-electron chi connectivity index (χ2n) is 4.81. The van der Waals surface area contributed by atoms with Gasteiger partial charge in [-0.2, -0.15) is 0 Å². The molecule has 1 N–H and O–H groups in total. The second kappa shape index (κ2) is 5.80. The van der Waals surface area contributed by atoms with Crippen LogP contribution in [0.5, 0.6) is 5.75 Å². The van der Waals surface area contributed by atoms with E-state index in [2.05, 4.69) is 5.32 Å². The van der Waals surface area contributed by atoms with Crippen LogP contribution < -0.4 is 10.1 Å². The van der Waals surface area contributed by atoms with Crippen molar-refractivity contribution in [2.45, 2.75) is 6.04 Å². The molecule has 1 heterocycles. The summed E-state index contributed by atoms with van der Waals surface area (Å²) in [5.74, 6) is 1.65. The summed E-state index contributed by atoms with van der Waals surface area (Å²) < 4.78 is 11.2. The van der Waals surface area contributed by atoms with Gasteiger partial charge in [-0.3, -0.25) is 0 Å². The molecule has 0 radical (unpaired) electrons. The highest BCUT2D eigenvalue weighted by Crippen LogP contribution is 2.32. The maximum atomic E-state index is 6.18. The van der Waals surface area contributed by atoms with E-state index >= 15 is 0 Å². The number of methoxy groups -OCH3 is 1. The lowest BCUT2D eigenvalue weighted by atomic mass is 10.0. The minimum atomic E-state index is -0.0523. The van der Waals surface area contributed by atoms with Gasteiger partial charge in [0.05, 0.1) is 18.2 Å². The Bertz CT molecular complexity index is 766. The molecule has 0 saturated carbocycles. The van der Waals surface area contributed by atoms with Crippen molar-refractivity contribution in [2.24, 2.45) is 0 Å². The lowest BCUT2D eigenvalue weighted by Gasteiger charge is -2.14. The first-order chi connectivity index (χ1) is 10.2. The molecule has 0 amide bonds. The molecule has 2 aromatic carbocycles. The number of furan rings is 1. The van der Waals surface area contributed by atoms with Crippen LogP contribution in [0.25, 0.3) is 11.0 Å². The van der Waals surface area contributed by atoms with E-state index in [0.29, 0.717) is 5.02 Å². The van der Waals surface area contributed by atoms with Crippen molar-refractivity contribution in [1.82, 2.24) is 5.32 Å². The number of ether oxygens (including phenoxy) is 1. The molecule has 0 spiro atoms. The van der Waals surface area contributed by atoms with Gasteiger partial charge < -0.3 is 14.5 Å². The Morgan fingerprint density at radius 3 is 2.67 bits per heavy atom. The lowest BCUT2D eigenvalue weighted by molar-refractivity contribution is 0.413. The smallest absolute Gasteiger partial charge is 0.152 e. The van der Waals surface area contributed by atoms with Crippen LogP contribution in [0.15, 0.2) is 52.9 Å². The van der Waals surface area contributed by atoms with Crippen molar-refractivity contribution in [3.8, 4) is 5.75 Å². The first-order valence-corrected chi connectivity index (χ1v) is 7.10. The van der Waals surface area contributed by atoms with Crippen LogP contribution in [0.4, 0.5) is 0 Å². The Kier molecular flexibility index (Phi) is 3.86. The molecule has 4 heteroatoms. The second-order valence-corrected chi connectivity index (χ2v) is 5.21. The number of fused-ring (bicyclic) bond motifs is 1. The Morgan fingerprint density at radius 1 is 1.14 bits per heavy atom. The first-order valence-electron chi connectivity index (χ1n) is 6.72. The molecule has 1 aromatic heterocycles. The van der Waals surface area contributed by atoms with Crippen molar-refractivity contribution < 1.29 is 9.15 Å². The van der Waals surface area contributed by atoms with Crippen molar-refractivity contribution in [3.63, 3.8) is 0 Å². The van der Waals surface area contributed by atoms with E-state index in [4.69, 9.17) is 20.8 Å². The van der Waals surface area contributed by atoms with E-state index in [1.807, 2.05) is 55.6 Å². The number of rotatable bonds is 4. The first kappa shape index (κ1) is 14.0. The van der Waals surface area contributed by atoms with Crippen LogP contribution in [-0.2, 0) is 0 Å². The largest absolute Gasteiger partial charge is 0.497 e. The quantitative estimate of drug-likeness (QED) is 0.775. The third kappa shape index (κ3) is 2.62. The molecule has 3 aromatic rings. The molecule has 3 nitrogen and oxygen atoms in total. The number of hydrogen-bond donors (Lipinski definition) is 1. The minimum Gasteiger partial charge on any atom is -0.497 e. The molecule has 21 heavy (non-hydrogen) atoms. The zero-order valence-electron chi connectivity index (χ0n) is 11.9. The Balaban J connectivity index is 2.07. The van der Waals surface area contributed by atoms with Crippen molar-refractivity contribution in [3.05, 3.63) is 64.9 Å². The van der Waals surface area contributed by atoms with Gasteiger partial charge in [0.25, 0.3) is 0 Å². The number of para-hydroxylation sites is 1. The zero-order valence-corrected chi connectivity index (χ0v) is 12.6. The molecule has 3 rings (SSSR count). The maximum Gasteiger partial charge on any atom is 0.152 e. The molecule has 1 unspecified atom stereocenters. The normalized spacial score (nSPS) is 12.5. The van der Waals surface area contributed by atoms with Gasteiger partial charge in [0, 0.05) is 5.39 Å². The van der Waals surface area contributed by atoms with Crippen LogP contribution in [-0.4, -0.2) is 14.2 Å². The third-order valence-electron chi connectivity index (χ3n) is 3.52. The van der Waals surface area contributed by atoms with Gasteiger partial charge in [-0.25, -0.2) is 0 Å². The fraction of sp³-hybridized carbons (Fsp3) is 0.176. The fourth-order valence-corrected chi connectivity index (χ4v) is 2.70. The standard InChI is InChI=1S/C17H16ClNO2/c1-19-16(11-5-3-7-13(9-11)20-2)15-10-12-6-4-8-14(18)17(12)21-15/h3-10,16,19H,1-2H3. The highest BCUT2D eigenvalue weighted by Gasteiger charge is 2.18. The van der Waals surface area contributed by atoms with Gasteiger partial charge in [-0.05, 0) is 36.9 Å². The van der Waals surface area contributed by atoms with Crippen molar-refractivity contribution >= 4 is 22.6 Å². The zero-order chi connectivity index (χ0) is 14.8. The van der Waals surface area contributed by atoms with E-state index in [1.54, 1.807) is 7.11 Å². The van der Waals surface area contributed by atoms with Gasteiger partial charge in [0.2, 0.25) is 0 Å². The summed E-state index contributed by atoms with van der Waals surface area (Å²) in [5, 5.41) is 4.90. The van der Waals surface area contributed by atoms with Gasteiger partial charge in [-0.15, -0.1) is 0 Å². The fourth-order valence-electron chi connectivity index (χ4n) is 2.48. The Labute approximate surface area is 128 Å². The van der Waals surface area contributed by atoms with E-state index in [-0.39, 0.29) is 6.04 Å². The molecule has 1 atom stereocenters. The van der Waals surface area contributed by atoms with E-state index in [9.17, 15) is 0 Å². The maximum absolute atomic E-state index is 6.18. The van der Waals surface area contributed by atoms with Gasteiger partial charge >= 0.3 is 0 Å². The van der Waals surface area contributed by atoms with Crippen LogP contribution >= 0.6 is 11.6 Å². The summed E-state index contributed by atoms with van der Waals surface area (Å²) in [5.41, 5.74) is 1.80. The minimum absolute atomic E-state index is 0.0523. The summed E-state index contributed by atoms with van der Waals surface area (Å²) in [7, 11) is 3.56. The van der Waals surface area contributed by atoms with Crippen LogP contribution in [0, 0.1) is 0 Å². The van der Waals surface area contributed by atoms with Crippen LogP contribution in [0.2, 0.25) is 5.02 Å². The Hall–Kier alpha value is -1.97. The molecule has 0 aliphatic heterocycles. The summed E-state index contributed by atoms with van der Waals surface area (Å²) >= 11 is 6.18. The molecular formula is C17H16ClNO2. The number of hydrogen-bond acceptors (Lipinski definition) is 3. The Morgan fingerprint density at radius 2 is 1.95 bits per heavy atom. The summed E-state index contributed by atoms with van der Waals surface area (Å²) in [6.07, 6.45) is 0. The molecule has 0 fully saturated rings.